The third kappa shape index (κ3) is 2.85. The molecule has 0 N–H and O–H groups in total. The van der Waals surface area contributed by atoms with Crippen molar-refractivity contribution in [3.8, 4) is 0 Å². The Balaban J connectivity index is 2.29. The van der Waals surface area contributed by atoms with Gasteiger partial charge in [-0.3, -0.25) is 4.98 Å². The molecular weight excluding hydrogens is 237 g/mol. The quantitative estimate of drug-likeness (QED) is 0.784. The van der Waals surface area contributed by atoms with Crippen LogP contribution in [-0.2, 0) is 15.7 Å². The first-order valence-corrected chi connectivity index (χ1v) is 7.01. The largest absolute Gasteiger partial charge is 0.496 e. The van der Waals surface area contributed by atoms with Gasteiger partial charge in [0.2, 0.25) is 0 Å². The van der Waals surface area contributed by atoms with Crippen LogP contribution in [0.25, 0.3) is 0 Å². The van der Waals surface area contributed by atoms with Crippen molar-refractivity contribution in [1.29, 1.82) is 0 Å². The maximum Gasteiger partial charge on any atom is 0.496 e. The number of pyridine rings is 1. The van der Waals surface area contributed by atoms with Gasteiger partial charge in [-0.25, -0.2) is 0 Å². The first-order valence-electron chi connectivity index (χ1n) is 7.01. The molecule has 0 aliphatic carbocycles. The molecule has 104 valence electrons. The van der Waals surface area contributed by atoms with Crippen molar-refractivity contribution in [2.75, 3.05) is 0 Å². The zero-order chi connectivity index (χ0) is 14.3. The van der Waals surface area contributed by atoms with Crippen molar-refractivity contribution in [1.82, 2.24) is 4.98 Å². The Morgan fingerprint density at radius 2 is 1.74 bits per heavy atom. The van der Waals surface area contributed by atoms with Gasteiger partial charge < -0.3 is 9.31 Å². The molecule has 1 saturated heterocycles. The van der Waals surface area contributed by atoms with Crippen molar-refractivity contribution in [3.05, 3.63) is 24.0 Å². The summed E-state index contributed by atoms with van der Waals surface area (Å²) in [6, 6.07) is 2.07. The van der Waals surface area contributed by atoms with Gasteiger partial charge in [0.1, 0.15) is 0 Å². The normalized spacial score (nSPS) is 21.1. The molecule has 2 heterocycles. The molecule has 0 radical (unpaired) electrons. The summed E-state index contributed by atoms with van der Waals surface area (Å²) in [5, 5.41) is 0. The van der Waals surface area contributed by atoms with E-state index in [1.807, 2.05) is 12.4 Å². The molecule has 0 aromatic carbocycles. The third-order valence-electron chi connectivity index (χ3n) is 4.08. The molecule has 1 aromatic rings. The fourth-order valence-corrected chi connectivity index (χ4v) is 2.24. The minimum Gasteiger partial charge on any atom is -0.399 e. The molecule has 0 spiro atoms. The van der Waals surface area contributed by atoms with Gasteiger partial charge in [-0.05, 0) is 51.7 Å². The second kappa shape index (κ2) is 4.91. The minimum absolute atomic E-state index is 0.303. The van der Waals surface area contributed by atoms with Crippen LogP contribution < -0.4 is 5.46 Å². The van der Waals surface area contributed by atoms with Crippen molar-refractivity contribution < 1.29 is 9.31 Å². The lowest BCUT2D eigenvalue weighted by atomic mass is 9.75. The lowest BCUT2D eigenvalue weighted by molar-refractivity contribution is 0.00578. The Kier molecular flexibility index (Phi) is 3.76. The van der Waals surface area contributed by atoms with Crippen LogP contribution in [0.3, 0.4) is 0 Å². The summed E-state index contributed by atoms with van der Waals surface area (Å²) in [5.74, 6) is 0.601. The Morgan fingerprint density at radius 3 is 2.26 bits per heavy atom. The molecule has 1 aliphatic heterocycles. The van der Waals surface area contributed by atoms with Crippen molar-refractivity contribution >= 4 is 12.6 Å². The topological polar surface area (TPSA) is 31.4 Å². The Labute approximate surface area is 116 Å². The summed E-state index contributed by atoms with van der Waals surface area (Å²) in [5.41, 5.74) is 1.73. The monoisotopic (exact) mass is 261 g/mol. The predicted octanol–water partition coefficient (Wildman–Crippen LogP) is 2.58. The van der Waals surface area contributed by atoms with E-state index in [9.17, 15) is 0 Å². The van der Waals surface area contributed by atoms with E-state index < -0.39 is 0 Å². The maximum atomic E-state index is 6.11. The van der Waals surface area contributed by atoms with Crippen LogP contribution in [0, 0.1) is 5.92 Å². The highest BCUT2D eigenvalue weighted by atomic mass is 16.7. The zero-order valence-corrected chi connectivity index (χ0v) is 12.9. The third-order valence-corrected chi connectivity index (χ3v) is 4.08. The summed E-state index contributed by atoms with van der Waals surface area (Å²) in [4.78, 5) is 4.23. The molecule has 3 nitrogen and oxygen atoms in total. The van der Waals surface area contributed by atoms with Gasteiger partial charge in [-0.2, -0.15) is 0 Å². The van der Waals surface area contributed by atoms with E-state index >= 15 is 0 Å². The Bertz CT molecular complexity index is 441. The van der Waals surface area contributed by atoms with E-state index in [2.05, 4.69) is 52.6 Å². The number of hydrogen-bond acceptors (Lipinski definition) is 3. The summed E-state index contributed by atoms with van der Waals surface area (Å²) in [6.07, 6.45) is 4.73. The molecule has 0 bridgehead atoms. The van der Waals surface area contributed by atoms with Gasteiger partial charge in [-0.15, -0.1) is 0 Å². The number of hydrogen-bond donors (Lipinski definition) is 0. The first kappa shape index (κ1) is 14.5. The molecule has 2 rings (SSSR count). The summed E-state index contributed by atoms with van der Waals surface area (Å²) in [7, 11) is -0.313. The molecule has 0 saturated carbocycles. The fraction of sp³-hybridized carbons (Fsp3) is 0.667. The molecule has 19 heavy (non-hydrogen) atoms. The standard InChI is InChI=1S/C15H24BNO2/c1-11(2)9-12-7-8-17-10-13(12)16-18-14(3,4)15(5,6)19-16/h7-8,10-11H,9H2,1-6H3. The van der Waals surface area contributed by atoms with E-state index in [1.165, 1.54) is 5.56 Å². The molecule has 0 atom stereocenters. The second-order valence-corrected chi connectivity index (χ2v) is 6.76. The van der Waals surface area contributed by atoms with Gasteiger partial charge in [0, 0.05) is 17.9 Å². The minimum atomic E-state index is -0.313. The predicted molar refractivity (Wildman–Crippen MR) is 78.5 cm³/mol. The average molecular weight is 261 g/mol. The average Bonchev–Trinajstić information content (AvgIpc) is 2.48. The Morgan fingerprint density at radius 1 is 1.16 bits per heavy atom. The summed E-state index contributed by atoms with van der Waals surface area (Å²) in [6.45, 7) is 12.7. The molecule has 4 heteroatoms. The fourth-order valence-electron chi connectivity index (χ4n) is 2.24. The second-order valence-electron chi connectivity index (χ2n) is 6.76. The van der Waals surface area contributed by atoms with Gasteiger partial charge in [0.05, 0.1) is 11.2 Å². The Hall–Kier alpha value is -0.865. The van der Waals surface area contributed by atoms with Gasteiger partial charge >= 0.3 is 7.12 Å². The lowest BCUT2D eigenvalue weighted by Crippen LogP contribution is -2.41. The SMILES string of the molecule is CC(C)Cc1ccncc1B1OC(C)(C)C(C)(C)O1. The number of aromatic nitrogens is 1. The van der Waals surface area contributed by atoms with Crippen molar-refractivity contribution in [2.45, 2.75) is 59.2 Å². The molecule has 1 fully saturated rings. The maximum absolute atomic E-state index is 6.11. The van der Waals surface area contributed by atoms with Crippen LogP contribution in [0.2, 0.25) is 0 Å². The number of nitrogens with zero attached hydrogens (tertiary/aromatic N) is 1. The smallest absolute Gasteiger partial charge is 0.399 e. The summed E-state index contributed by atoms with van der Waals surface area (Å²) < 4.78 is 12.2. The molecule has 1 aromatic heterocycles. The van der Waals surface area contributed by atoms with Crippen LogP contribution in [0.1, 0.15) is 47.1 Å². The molecule has 0 unspecified atom stereocenters. The molecule has 1 aliphatic rings. The van der Waals surface area contributed by atoms with Crippen molar-refractivity contribution in [2.24, 2.45) is 5.92 Å². The van der Waals surface area contributed by atoms with Crippen LogP contribution in [0.15, 0.2) is 18.5 Å². The van der Waals surface area contributed by atoms with E-state index in [4.69, 9.17) is 9.31 Å². The highest BCUT2D eigenvalue weighted by Crippen LogP contribution is 2.36. The van der Waals surface area contributed by atoms with E-state index in [-0.39, 0.29) is 18.3 Å². The van der Waals surface area contributed by atoms with Gasteiger partial charge in [-0.1, -0.05) is 13.8 Å². The van der Waals surface area contributed by atoms with Gasteiger partial charge in [0.15, 0.2) is 0 Å². The van der Waals surface area contributed by atoms with Crippen LogP contribution in [0.4, 0.5) is 0 Å². The zero-order valence-electron chi connectivity index (χ0n) is 12.9. The van der Waals surface area contributed by atoms with Crippen LogP contribution >= 0.6 is 0 Å². The van der Waals surface area contributed by atoms with Crippen LogP contribution in [0.5, 0.6) is 0 Å². The van der Waals surface area contributed by atoms with E-state index in [0.717, 1.165) is 11.9 Å². The van der Waals surface area contributed by atoms with E-state index in [0.29, 0.717) is 5.92 Å². The lowest BCUT2D eigenvalue weighted by Gasteiger charge is -2.32. The highest BCUT2D eigenvalue weighted by molar-refractivity contribution is 6.62. The van der Waals surface area contributed by atoms with Crippen molar-refractivity contribution in [3.63, 3.8) is 0 Å². The van der Waals surface area contributed by atoms with Gasteiger partial charge in [0.25, 0.3) is 0 Å². The first-order chi connectivity index (χ1) is 8.73. The molecular formula is C15H24BNO2. The summed E-state index contributed by atoms with van der Waals surface area (Å²) >= 11 is 0. The highest BCUT2D eigenvalue weighted by Gasteiger charge is 2.52. The number of rotatable bonds is 3. The van der Waals surface area contributed by atoms with E-state index in [1.54, 1.807) is 0 Å². The van der Waals surface area contributed by atoms with Crippen LogP contribution in [-0.4, -0.2) is 23.3 Å². The molecule has 0 amide bonds.